The van der Waals surface area contributed by atoms with E-state index in [9.17, 15) is 14.4 Å². The highest BCUT2D eigenvalue weighted by Gasteiger charge is 2.33. The van der Waals surface area contributed by atoms with Gasteiger partial charge in [0.1, 0.15) is 0 Å². The fraction of sp³-hybridized carbons (Fsp3) is 0.286. The maximum atomic E-state index is 13.0. The third kappa shape index (κ3) is 3.12. The average molecular weight is 351 g/mol. The monoisotopic (exact) mass is 351 g/mol. The maximum absolute atomic E-state index is 13.0. The second-order valence-corrected chi connectivity index (χ2v) is 6.18. The van der Waals surface area contributed by atoms with Crippen LogP contribution in [-0.4, -0.2) is 17.1 Å². The molecule has 5 heteroatoms. The van der Waals surface area contributed by atoms with Crippen molar-refractivity contribution in [2.45, 2.75) is 26.3 Å². The van der Waals surface area contributed by atoms with Crippen molar-refractivity contribution < 1.29 is 9.53 Å². The normalized spacial score (nSPS) is 13.5. The average Bonchev–Trinajstić information content (AvgIpc) is 2.85. The first-order chi connectivity index (χ1) is 12.6. The van der Waals surface area contributed by atoms with Crippen molar-refractivity contribution >= 4 is 16.7 Å². The van der Waals surface area contributed by atoms with Gasteiger partial charge in [0.05, 0.1) is 18.6 Å². The summed E-state index contributed by atoms with van der Waals surface area (Å²) in [6, 6.07) is 15.0. The van der Waals surface area contributed by atoms with Gasteiger partial charge < -0.3 is 4.74 Å². The molecule has 2 unspecified atom stereocenters. The summed E-state index contributed by atoms with van der Waals surface area (Å²) in [5, 5.41) is 0.860. The van der Waals surface area contributed by atoms with E-state index in [1.165, 1.54) is 4.57 Å². The summed E-state index contributed by atoms with van der Waals surface area (Å²) in [5.41, 5.74) is -0.0604. The Hall–Kier alpha value is -2.95. The molecular formula is C21H21NO4. The van der Waals surface area contributed by atoms with Crippen molar-refractivity contribution in [1.82, 2.24) is 4.57 Å². The zero-order chi connectivity index (χ0) is 18.7. The number of fused-ring (bicyclic) bond motifs is 4. The van der Waals surface area contributed by atoms with Gasteiger partial charge >= 0.3 is 5.97 Å². The second kappa shape index (κ2) is 7.52. The molecule has 134 valence electrons. The third-order valence-corrected chi connectivity index (χ3v) is 4.65. The number of nitrogens with zero attached hydrogens (tertiary/aromatic N) is 1. The Labute approximate surface area is 151 Å². The summed E-state index contributed by atoms with van der Waals surface area (Å²) in [6.45, 7) is 3.84. The topological polar surface area (TPSA) is 65.4 Å². The fourth-order valence-electron chi connectivity index (χ4n) is 3.36. The van der Waals surface area contributed by atoms with Crippen molar-refractivity contribution in [1.29, 1.82) is 0 Å². The third-order valence-electron chi connectivity index (χ3n) is 4.65. The molecule has 2 heterocycles. The Bertz CT molecular complexity index is 942. The number of carbonyl (C=O) groups excluding carboxylic acids is 1. The predicted octanol–water partition coefficient (Wildman–Crippen LogP) is 2.98. The Kier molecular flexibility index (Phi) is 5.16. The summed E-state index contributed by atoms with van der Waals surface area (Å²) < 4.78 is 6.44. The lowest BCUT2D eigenvalue weighted by atomic mass is 9.90. The maximum Gasteiger partial charge on any atom is 0.311 e. The van der Waals surface area contributed by atoms with E-state index >= 15 is 0 Å². The number of benzene rings is 2. The fourth-order valence-corrected chi connectivity index (χ4v) is 3.36. The van der Waals surface area contributed by atoms with E-state index < -0.39 is 29.0 Å². The number of hydrogen-bond acceptors (Lipinski definition) is 4. The number of hydrogen-bond donors (Lipinski definition) is 0. The van der Waals surface area contributed by atoms with Gasteiger partial charge in [0.25, 0.3) is 11.1 Å². The molecule has 0 spiro atoms. The molecule has 0 fully saturated rings. The molecule has 0 N–H and O–H groups in total. The van der Waals surface area contributed by atoms with E-state index in [1.54, 1.807) is 31.2 Å². The molecule has 0 saturated carbocycles. The van der Waals surface area contributed by atoms with Crippen molar-refractivity contribution in [3.63, 3.8) is 0 Å². The summed E-state index contributed by atoms with van der Waals surface area (Å²) in [4.78, 5) is 38.7. The highest BCUT2D eigenvalue weighted by molar-refractivity contribution is 5.74. The zero-order valence-corrected chi connectivity index (χ0v) is 14.8. The van der Waals surface area contributed by atoms with Gasteiger partial charge in [0.15, 0.2) is 0 Å². The van der Waals surface area contributed by atoms with Crippen LogP contribution in [0.4, 0.5) is 0 Å². The van der Waals surface area contributed by atoms with Crippen molar-refractivity contribution in [2.24, 2.45) is 5.92 Å². The summed E-state index contributed by atoms with van der Waals surface area (Å²) in [5.74, 6) is -1.04. The Balaban J connectivity index is 2.31. The molecule has 0 aliphatic rings. The van der Waals surface area contributed by atoms with Gasteiger partial charge in [-0.15, -0.1) is 0 Å². The first kappa shape index (κ1) is 17.9. The summed E-state index contributed by atoms with van der Waals surface area (Å²) >= 11 is 0. The van der Waals surface area contributed by atoms with Crippen molar-refractivity contribution in [3.8, 4) is 0 Å². The first-order valence-corrected chi connectivity index (χ1v) is 8.78. The molecule has 4 aromatic rings. The number of aromatic nitrogens is 1. The molecule has 5 nitrogen and oxygen atoms in total. The van der Waals surface area contributed by atoms with Crippen LogP contribution in [0.25, 0.3) is 10.8 Å². The second-order valence-electron chi connectivity index (χ2n) is 6.18. The molecule has 4 rings (SSSR count). The molecule has 0 aliphatic carbocycles. The highest BCUT2D eigenvalue weighted by Crippen LogP contribution is 2.28. The minimum Gasteiger partial charge on any atom is -0.466 e. The van der Waals surface area contributed by atoms with E-state index in [0.717, 1.165) is 5.56 Å². The van der Waals surface area contributed by atoms with Gasteiger partial charge in [-0.2, -0.15) is 0 Å². The lowest BCUT2D eigenvalue weighted by molar-refractivity contribution is -0.149. The Morgan fingerprint density at radius 2 is 1.46 bits per heavy atom. The number of carbonyl (C=O) groups is 1. The zero-order valence-electron chi connectivity index (χ0n) is 14.8. The molecule has 2 aromatic carbocycles. The van der Waals surface area contributed by atoms with Crippen LogP contribution in [0.2, 0.25) is 0 Å². The molecule has 2 bridgehead atoms. The minimum atomic E-state index is -0.718. The van der Waals surface area contributed by atoms with Crippen LogP contribution in [0.5, 0.6) is 0 Å². The smallest absolute Gasteiger partial charge is 0.311 e. The summed E-state index contributed by atoms with van der Waals surface area (Å²) in [7, 11) is 0. The van der Waals surface area contributed by atoms with Crippen LogP contribution < -0.4 is 11.1 Å². The largest absolute Gasteiger partial charge is 0.466 e. The lowest BCUT2D eigenvalue weighted by Gasteiger charge is -2.26. The van der Waals surface area contributed by atoms with Crippen LogP contribution in [-0.2, 0) is 9.53 Å². The Morgan fingerprint density at radius 3 is 1.92 bits per heavy atom. The van der Waals surface area contributed by atoms with Crippen molar-refractivity contribution in [2.75, 3.05) is 6.61 Å². The van der Waals surface area contributed by atoms with E-state index in [1.807, 2.05) is 37.3 Å². The predicted molar refractivity (Wildman–Crippen MR) is 101 cm³/mol. The number of rotatable bonds is 6. The number of esters is 1. The van der Waals surface area contributed by atoms with Gasteiger partial charge in [-0.1, -0.05) is 37.3 Å². The van der Waals surface area contributed by atoms with Crippen LogP contribution in [0, 0.1) is 5.92 Å². The molecular weight excluding hydrogens is 330 g/mol. The van der Waals surface area contributed by atoms with Gasteiger partial charge in [-0.05, 0) is 43.2 Å². The molecule has 0 radical (unpaired) electrons. The standard InChI is InChI=1S/C21H21NO4/c1-3-17(21(25)26-4-2)18(14-8-6-5-7-9-14)22-19(23)15-10-11-16(13-12-15)20(22)24/h5-13,17-18H,3-4H2,1-2H3. The van der Waals surface area contributed by atoms with Crippen LogP contribution >= 0.6 is 0 Å². The van der Waals surface area contributed by atoms with Gasteiger partial charge in [0, 0.05) is 10.8 Å². The molecule has 0 aliphatic heterocycles. The first-order valence-electron chi connectivity index (χ1n) is 8.78. The van der Waals surface area contributed by atoms with E-state index in [0.29, 0.717) is 17.2 Å². The van der Waals surface area contributed by atoms with Crippen LogP contribution in [0.3, 0.4) is 0 Å². The van der Waals surface area contributed by atoms with Gasteiger partial charge in [0.2, 0.25) is 0 Å². The van der Waals surface area contributed by atoms with Crippen LogP contribution in [0.15, 0.2) is 64.2 Å². The van der Waals surface area contributed by atoms with E-state index in [2.05, 4.69) is 0 Å². The van der Waals surface area contributed by atoms with Gasteiger partial charge in [-0.25, -0.2) is 0 Å². The molecule has 26 heavy (non-hydrogen) atoms. The highest BCUT2D eigenvalue weighted by atomic mass is 16.5. The van der Waals surface area contributed by atoms with Crippen molar-refractivity contribution in [3.05, 3.63) is 80.9 Å². The van der Waals surface area contributed by atoms with E-state index in [4.69, 9.17) is 4.74 Å². The molecule has 0 amide bonds. The molecule has 2 aromatic heterocycles. The van der Waals surface area contributed by atoms with Gasteiger partial charge in [-0.3, -0.25) is 19.0 Å². The van der Waals surface area contributed by atoms with E-state index in [-0.39, 0.29) is 6.61 Å². The minimum absolute atomic E-state index is 0.247. The SMILES string of the molecule is CCOC(=O)C(CC)C(c1ccccc1)n1c(=O)c2ccc(cc2)c1=O. The summed E-state index contributed by atoms with van der Waals surface area (Å²) in [6.07, 6.45) is 0.445. The molecule has 0 saturated heterocycles. The lowest BCUT2D eigenvalue weighted by Crippen LogP contribution is -2.40. The Morgan fingerprint density at radius 1 is 0.923 bits per heavy atom. The quantitative estimate of drug-likeness (QED) is 0.641. The molecule has 2 atom stereocenters. The number of ether oxygens (including phenoxy) is 1. The van der Waals surface area contributed by atoms with Crippen LogP contribution in [0.1, 0.15) is 31.9 Å².